The average Bonchev–Trinajstić information content (AvgIpc) is 2.33. The summed E-state index contributed by atoms with van der Waals surface area (Å²) in [5, 5.41) is 9.09. The Morgan fingerprint density at radius 1 is 1.06 bits per heavy atom. The number of benzene rings is 1. The van der Waals surface area contributed by atoms with E-state index >= 15 is 0 Å². The van der Waals surface area contributed by atoms with Crippen molar-refractivity contribution in [2.45, 2.75) is 6.54 Å². The maximum absolute atomic E-state index is 11.5. The van der Waals surface area contributed by atoms with Gasteiger partial charge in [0.25, 0.3) is 0 Å². The van der Waals surface area contributed by atoms with Gasteiger partial charge in [-0.3, -0.25) is 4.98 Å². The van der Waals surface area contributed by atoms with Crippen LogP contribution in [0.4, 0.5) is 0 Å². The van der Waals surface area contributed by atoms with E-state index in [1.54, 1.807) is 30.3 Å². The number of hydrogen-bond acceptors (Lipinski definition) is 4. The number of aromatic nitrogens is 3. The Labute approximate surface area is 94.2 Å². The Kier molecular flexibility index (Phi) is 2.65. The number of nitrogens with zero attached hydrogens (tertiary/aromatic N) is 2. The molecule has 0 unspecified atom stereocenters. The van der Waals surface area contributed by atoms with Crippen molar-refractivity contribution in [3.8, 4) is 0 Å². The zero-order valence-corrected chi connectivity index (χ0v) is 8.66. The molecule has 1 heterocycles. The molecule has 2 N–H and O–H groups in total. The molecule has 7 heteroatoms. The second kappa shape index (κ2) is 4.12. The molecule has 0 saturated carbocycles. The summed E-state index contributed by atoms with van der Waals surface area (Å²) in [7, 11) is 0. The van der Waals surface area contributed by atoms with Crippen LogP contribution in [0.15, 0.2) is 44.7 Å². The highest BCUT2D eigenvalue weighted by Gasteiger charge is 2.08. The highest BCUT2D eigenvalue weighted by atomic mass is 16.5. The molecule has 0 aliphatic carbocycles. The first-order valence-corrected chi connectivity index (χ1v) is 4.79. The first-order chi connectivity index (χ1) is 8.09. The molecule has 0 aliphatic rings. The van der Waals surface area contributed by atoms with Crippen LogP contribution in [0.1, 0.15) is 5.56 Å². The van der Waals surface area contributed by atoms with Gasteiger partial charge in [0.15, 0.2) is 0 Å². The molecule has 0 aliphatic heterocycles. The van der Waals surface area contributed by atoms with Gasteiger partial charge in [-0.1, -0.05) is 35.1 Å². The lowest BCUT2D eigenvalue weighted by Gasteiger charge is -2.04. The number of hydrogen-bond donors (Lipinski definition) is 2. The van der Waals surface area contributed by atoms with Gasteiger partial charge in [0.2, 0.25) is 0 Å². The van der Waals surface area contributed by atoms with Gasteiger partial charge in [0, 0.05) is 0 Å². The molecule has 0 saturated heterocycles. The predicted molar refractivity (Wildman–Crippen MR) is 58.3 cm³/mol. The Bertz CT molecular complexity index is 696. The minimum atomic E-state index is -1.15. The van der Waals surface area contributed by atoms with Crippen molar-refractivity contribution in [2.75, 3.05) is 0 Å². The van der Waals surface area contributed by atoms with Crippen LogP contribution < -0.4 is 17.1 Å². The van der Waals surface area contributed by atoms with Gasteiger partial charge in [-0.25, -0.2) is 19.0 Å². The molecule has 7 nitrogen and oxygen atoms in total. The van der Waals surface area contributed by atoms with Gasteiger partial charge in [-0.05, 0) is 5.56 Å². The molecular formula is C10H9N3O4. The minimum absolute atomic E-state index is 0.0180. The normalized spacial score (nSPS) is 10.4. The van der Waals surface area contributed by atoms with Crippen LogP contribution >= 0.6 is 0 Å². The van der Waals surface area contributed by atoms with Crippen molar-refractivity contribution >= 4 is 0 Å². The van der Waals surface area contributed by atoms with Gasteiger partial charge in [-0.15, -0.1) is 0 Å². The van der Waals surface area contributed by atoms with Gasteiger partial charge < -0.3 is 5.21 Å². The van der Waals surface area contributed by atoms with Crippen LogP contribution in [0.3, 0.4) is 0 Å². The van der Waals surface area contributed by atoms with Crippen LogP contribution in [0.25, 0.3) is 0 Å². The first kappa shape index (κ1) is 10.9. The zero-order chi connectivity index (χ0) is 12.4. The summed E-state index contributed by atoms with van der Waals surface area (Å²) in [5.41, 5.74) is -2.36. The largest absolute Gasteiger partial charge is 0.420 e. The molecule has 1 aromatic carbocycles. The van der Waals surface area contributed by atoms with Crippen molar-refractivity contribution in [1.82, 2.24) is 14.3 Å². The van der Waals surface area contributed by atoms with E-state index in [4.69, 9.17) is 5.21 Å². The van der Waals surface area contributed by atoms with Crippen LogP contribution in [0, 0.1) is 0 Å². The molecule has 0 spiro atoms. The van der Waals surface area contributed by atoms with Gasteiger partial charge in [-0.2, -0.15) is 0 Å². The van der Waals surface area contributed by atoms with E-state index in [2.05, 4.69) is 0 Å². The fourth-order valence-corrected chi connectivity index (χ4v) is 1.41. The molecule has 0 fully saturated rings. The smallest absolute Gasteiger partial charge is 0.370 e. The number of nitrogens with one attached hydrogen (secondary N) is 1. The molecule has 2 aromatic rings. The SMILES string of the molecule is O=c1[nH]c(=O)n(Cc2ccccc2)c(=O)n1O. The Morgan fingerprint density at radius 2 is 1.71 bits per heavy atom. The summed E-state index contributed by atoms with van der Waals surface area (Å²) in [6, 6.07) is 8.74. The van der Waals surface area contributed by atoms with Crippen molar-refractivity contribution in [3.05, 3.63) is 67.3 Å². The van der Waals surface area contributed by atoms with Gasteiger partial charge >= 0.3 is 17.1 Å². The maximum Gasteiger partial charge on any atom is 0.370 e. The highest BCUT2D eigenvalue weighted by Crippen LogP contribution is 1.97. The van der Waals surface area contributed by atoms with E-state index in [9.17, 15) is 14.4 Å². The lowest BCUT2D eigenvalue weighted by molar-refractivity contribution is 0.147. The number of rotatable bonds is 2. The van der Waals surface area contributed by atoms with E-state index in [1.165, 1.54) is 0 Å². The van der Waals surface area contributed by atoms with Gasteiger partial charge in [0.1, 0.15) is 0 Å². The van der Waals surface area contributed by atoms with E-state index < -0.39 is 17.1 Å². The standard InChI is InChI=1S/C10H9N3O4/c14-8-11-9(15)13(17)10(16)12(8)6-7-4-2-1-3-5-7/h1-5,17H,6H2,(H,11,14,15). The molecule has 1 aromatic heterocycles. The Hall–Kier alpha value is -2.57. The van der Waals surface area contributed by atoms with Gasteiger partial charge in [0.05, 0.1) is 6.54 Å². The summed E-state index contributed by atoms with van der Waals surface area (Å²) in [5.74, 6) is 0. The third-order valence-electron chi connectivity index (χ3n) is 2.25. The van der Waals surface area contributed by atoms with E-state index in [0.717, 1.165) is 4.57 Å². The summed E-state index contributed by atoms with van der Waals surface area (Å²) in [4.78, 5) is 35.6. The Morgan fingerprint density at radius 3 is 2.35 bits per heavy atom. The maximum atomic E-state index is 11.5. The van der Waals surface area contributed by atoms with Crippen LogP contribution in [-0.4, -0.2) is 19.5 Å². The molecule has 17 heavy (non-hydrogen) atoms. The predicted octanol–water partition coefficient (Wildman–Crippen LogP) is -1.02. The van der Waals surface area contributed by atoms with Crippen LogP contribution in [0.5, 0.6) is 0 Å². The first-order valence-electron chi connectivity index (χ1n) is 4.79. The van der Waals surface area contributed by atoms with E-state index in [1.807, 2.05) is 4.98 Å². The third-order valence-corrected chi connectivity index (χ3v) is 2.25. The molecule has 88 valence electrons. The lowest BCUT2D eigenvalue weighted by atomic mass is 10.2. The zero-order valence-electron chi connectivity index (χ0n) is 8.66. The van der Waals surface area contributed by atoms with Crippen molar-refractivity contribution in [3.63, 3.8) is 0 Å². The summed E-state index contributed by atoms with van der Waals surface area (Å²) in [6.45, 7) is -0.0180. The van der Waals surface area contributed by atoms with E-state index in [0.29, 0.717) is 5.56 Å². The van der Waals surface area contributed by atoms with Crippen molar-refractivity contribution in [1.29, 1.82) is 0 Å². The molecule has 0 radical (unpaired) electrons. The second-order valence-electron chi connectivity index (χ2n) is 3.40. The fraction of sp³-hybridized carbons (Fsp3) is 0.100. The lowest BCUT2D eigenvalue weighted by Crippen LogP contribution is -2.48. The van der Waals surface area contributed by atoms with Crippen molar-refractivity contribution in [2.24, 2.45) is 0 Å². The molecule has 0 atom stereocenters. The van der Waals surface area contributed by atoms with E-state index in [-0.39, 0.29) is 11.3 Å². The average molecular weight is 235 g/mol. The monoisotopic (exact) mass is 235 g/mol. The summed E-state index contributed by atoms with van der Waals surface area (Å²) < 4.78 is 0.598. The topological polar surface area (TPSA) is 97.1 Å². The highest BCUT2D eigenvalue weighted by molar-refractivity contribution is 5.14. The number of aromatic amines is 1. The third kappa shape index (κ3) is 2.03. The summed E-state index contributed by atoms with van der Waals surface area (Å²) in [6.07, 6.45) is 0. The number of H-pyrrole nitrogens is 1. The van der Waals surface area contributed by atoms with Crippen molar-refractivity contribution < 1.29 is 5.21 Å². The molecule has 0 bridgehead atoms. The fourth-order valence-electron chi connectivity index (χ4n) is 1.41. The molecule has 2 rings (SSSR count). The quantitative estimate of drug-likeness (QED) is 0.651. The molecule has 0 amide bonds. The Balaban J connectivity index is 2.55. The minimum Gasteiger partial charge on any atom is -0.420 e. The van der Waals surface area contributed by atoms with Crippen LogP contribution in [-0.2, 0) is 6.54 Å². The summed E-state index contributed by atoms with van der Waals surface area (Å²) >= 11 is 0. The second-order valence-corrected chi connectivity index (χ2v) is 3.40. The molecular weight excluding hydrogens is 226 g/mol. The van der Waals surface area contributed by atoms with Crippen LogP contribution in [0.2, 0.25) is 0 Å².